The fourth-order valence-corrected chi connectivity index (χ4v) is 1.93. The third-order valence-corrected chi connectivity index (χ3v) is 2.89. The van der Waals surface area contributed by atoms with E-state index in [4.69, 9.17) is 0 Å². The van der Waals surface area contributed by atoms with E-state index in [1.54, 1.807) is 5.57 Å². The molecule has 0 bridgehead atoms. The Hall–Kier alpha value is -0.780. The zero-order chi connectivity index (χ0) is 10.2. The number of rotatable bonds is 6. The lowest BCUT2D eigenvalue weighted by molar-refractivity contribution is 0.543. The molecule has 1 aliphatic carbocycles. The number of hydrogen-bond acceptors (Lipinski definition) is 0. The summed E-state index contributed by atoms with van der Waals surface area (Å²) in [6.45, 7) is 6.19. The molecule has 0 amide bonds. The highest BCUT2D eigenvalue weighted by molar-refractivity contribution is 5.18. The Morgan fingerprint density at radius 1 is 1.57 bits per heavy atom. The van der Waals surface area contributed by atoms with Crippen molar-refractivity contribution in [3.63, 3.8) is 0 Å². The van der Waals surface area contributed by atoms with Crippen molar-refractivity contribution in [2.24, 2.45) is 5.92 Å². The molecule has 0 saturated heterocycles. The summed E-state index contributed by atoms with van der Waals surface area (Å²) in [5, 5.41) is 0. The molecular formula is C14H22. The van der Waals surface area contributed by atoms with Gasteiger partial charge in [0, 0.05) is 0 Å². The Balaban J connectivity index is 2.35. The van der Waals surface area contributed by atoms with E-state index in [-0.39, 0.29) is 0 Å². The quantitative estimate of drug-likeness (QED) is 0.535. The molecule has 0 fully saturated rings. The van der Waals surface area contributed by atoms with Crippen molar-refractivity contribution >= 4 is 0 Å². The predicted octanol–water partition coefficient (Wildman–Crippen LogP) is 4.65. The maximum absolute atomic E-state index is 3.93. The van der Waals surface area contributed by atoms with E-state index >= 15 is 0 Å². The van der Waals surface area contributed by atoms with Crippen molar-refractivity contribution in [3.05, 3.63) is 36.5 Å². The second-order valence-electron chi connectivity index (χ2n) is 4.13. The first-order valence-corrected chi connectivity index (χ1v) is 5.84. The number of hydrogen-bond donors (Lipinski definition) is 0. The van der Waals surface area contributed by atoms with Crippen LogP contribution in [0.2, 0.25) is 0 Å². The molecule has 1 aliphatic rings. The average Bonchev–Trinajstić information content (AvgIpc) is 2.25. The molecule has 1 atom stereocenters. The van der Waals surface area contributed by atoms with E-state index in [1.165, 1.54) is 38.5 Å². The van der Waals surface area contributed by atoms with Gasteiger partial charge in [-0.25, -0.2) is 0 Å². The van der Waals surface area contributed by atoms with Gasteiger partial charge in [0.15, 0.2) is 0 Å². The molecule has 14 heavy (non-hydrogen) atoms. The van der Waals surface area contributed by atoms with E-state index in [0.29, 0.717) is 5.92 Å². The molecule has 0 nitrogen and oxygen atoms in total. The van der Waals surface area contributed by atoms with Crippen LogP contribution < -0.4 is 0 Å². The minimum atomic E-state index is 0.702. The lowest BCUT2D eigenvalue weighted by Crippen LogP contribution is -1.99. The van der Waals surface area contributed by atoms with Gasteiger partial charge < -0.3 is 0 Å². The first-order valence-electron chi connectivity index (χ1n) is 5.84. The normalized spacial score (nSPS) is 17.6. The van der Waals surface area contributed by atoms with Gasteiger partial charge in [-0.2, -0.15) is 0 Å². The highest BCUT2D eigenvalue weighted by Gasteiger charge is 2.07. The van der Waals surface area contributed by atoms with Crippen LogP contribution in [0.3, 0.4) is 0 Å². The summed E-state index contributed by atoms with van der Waals surface area (Å²) in [6, 6.07) is 0. The van der Waals surface area contributed by atoms with Gasteiger partial charge in [-0.3, -0.25) is 0 Å². The van der Waals surface area contributed by atoms with Crippen molar-refractivity contribution in [2.75, 3.05) is 0 Å². The van der Waals surface area contributed by atoms with E-state index in [0.717, 1.165) is 0 Å². The number of allylic oxidation sites excluding steroid dienone is 5. The van der Waals surface area contributed by atoms with Crippen LogP contribution in [0.15, 0.2) is 36.5 Å². The van der Waals surface area contributed by atoms with E-state index in [9.17, 15) is 0 Å². The fourth-order valence-electron chi connectivity index (χ4n) is 1.93. The molecular weight excluding hydrogens is 168 g/mol. The zero-order valence-corrected chi connectivity index (χ0v) is 9.34. The summed E-state index contributed by atoms with van der Waals surface area (Å²) in [4.78, 5) is 0. The van der Waals surface area contributed by atoms with Crippen LogP contribution in [0.4, 0.5) is 0 Å². The molecule has 0 heterocycles. The Labute approximate surface area is 88.4 Å². The maximum Gasteiger partial charge on any atom is -0.0199 e. The molecule has 1 unspecified atom stereocenters. The second kappa shape index (κ2) is 6.64. The van der Waals surface area contributed by atoms with Crippen LogP contribution in [0.1, 0.15) is 45.4 Å². The van der Waals surface area contributed by atoms with Gasteiger partial charge in [0.2, 0.25) is 0 Å². The van der Waals surface area contributed by atoms with E-state index in [1.807, 2.05) is 0 Å². The highest BCUT2D eigenvalue weighted by atomic mass is 14.1. The second-order valence-corrected chi connectivity index (χ2v) is 4.13. The van der Waals surface area contributed by atoms with Gasteiger partial charge in [-0.1, -0.05) is 49.6 Å². The van der Waals surface area contributed by atoms with Crippen LogP contribution in [0.5, 0.6) is 0 Å². The lowest BCUT2D eigenvalue weighted by Gasteiger charge is -2.15. The highest BCUT2D eigenvalue weighted by Crippen LogP contribution is 2.24. The molecule has 0 N–H and O–H groups in total. The minimum Gasteiger partial charge on any atom is -0.103 e. The molecule has 0 aromatic rings. The largest absolute Gasteiger partial charge is 0.103 e. The van der Waals surface area contributed by atoms with Gasteiger partial charge in [-0.05, 0) is 31.6 Å². The van der Waals surface area contributed by atoms with Crippen LogP contribution in [0, 0.1) is 5.92 Å². The Bertz CT molecular complexity index is 220. The Morgan fingerprint density at radius 3 is 3.00 bits per heavy atom. The van der Waals surface area contributed by atoms with Crippen LogP contribution >= 0.6 is 0 Å². The minimum absolute atomic E-state index is 0.702. The van der Waals surface area contributed by atoms with E-state index in [2.05, 4.69) is 37.8 Å². The SMILES string of the molecule is C=CC(CCCC)CC1=CC=CCC1. The number of unbranched alkanes of at least 4 members (excludes halogenated alkanes) is 1. The van der Waals surface area contributed by atoms with Gasteiger partial charge in [0.05, 0.1) is 0 Å². The fraction of sp³-hybridized carbons (Fsp3) is 0.571. The lowest BCUT2D eigenvalue weighted by atomic mass is 9.90. The average molecular weight is 190 g/mol. The molecule has 0 spiro atoms. The summed E-state index contributed by atoms with van der Waals surface area (Å²) >= 11 is 0. The van der Waals surface area contributed by atoms with Crippen molar-refractivity contribution in [2.45, 2.75) is 45.4 Å². The van der Waals surface area contributed by atoms with Crippen LogP contribution in [0.25, 0.3) is 0 Å². The van der Waals surface area contributed by atoms with Gasteiger partial charge in [0.25, 0.3) is 0 Å². The van der Waals surface area contributed by atoms with Crippen LogP contribution in [-0.2, 0) is 0 Å². The van der Waals surface area contributed by atoms with Crippen molar-refractivity contribution in [1.82, 2.24) is 0 Å². The summed E-state index contributed by atoms with van der Waals surface area (Å²) in [5.41, 5.74) is 1.61. The maximum atomic E-state index is 3.93. The van der Waals surface area contributed by atoms with Crippen molar-refractivity contribution < 1.29 is 0 Å². The van der Waals surface area contributed by atoms with Gasteiger partial charge >= 0.3 is 0 Å². The molecule has 0 aliphatic heterocycles. The third kappa shape index (κ3) is 3.95. The standard InChI is InChI=1S/C14H22/c1-3-5-9-13(4-2)12-14-10-7-6-8-11-14/h4,6-7,10,13H,2-3,5,8-9,11-12H2,1H3. The first kappa shape index (κ1) is 11.3. The molecule has 0 aromatic heterocycles. The zero-order valence-electron chi connectivity index (χ0n) is 9.34. The Kier molecular flexibility index (Phi) is 5.36. The topological polar surface area (TPSA) is 0 Å². The molecule has 0 aromatic carbocycles. The summed E-state index contributed by atoms with van der Waals surface area (Å²) in [7, 11) is 0. The Morgan fingerprint density at radius 2 is 2.43 bits per heavy atom. The summed E-state index contributed by atoms with van der Waals surface area (Å²) < 4.78 is 0. The summed E-state index contributed by atoms with van der Waals surface area (Å²) in [6.07, 6.45) is 16.5. The predicted molar refractivity (Wildman–Crippen MR) is 64.3 cm³/mol. The van der Waals surface area contributed by atoms with Gasteiger partial charge in [-0.15, -0.1) is 6.58 Å². The van der Waals surface area contributed by atoms with Crippen LogP contribution in [-0.4, -0.2) is 0 Å². The van der Waals surface area contributed by atoms with Gasteiger partial charge in [0.1, 0.15) is 0 Å². The molecule has 0 heteroatoms. The smallest absolute Gasteiger partial charge is 0.0199 e. The van der Waals surface area contributed by atoms with Crippen molar-refractivity contribution in [1.29, 1.82) is 0 Å². The molecule has 1 rings (SSSR count). The first-order chi connectivity index (χ1) is 6.86. The van der Waals surface area contributed by atoms with Crippen molar-refractivity contribution in [3.8, 4) is 0 Å². The molecule has 0 saturated carbocycles. The molecule has 0 radical (unpaired) electrons. The van der Waals surface area contributed by atoms with E-state index < -0.39 is 0 Å². The molecule has 78 valence electrons. The monoisotopic (exact) mass is 190 g/mol. The summed E-state index contributed by atoms with van der Waals surface area (Å²) in [5.74, 6) is 0.702. The third-order valence-electron chi connectivity index (χ3n) is 2.89.